The number of benzene rings is 1. The van der Waals surface area contributed by atoms with E-state index in [2.05, 4.69) is 36.5 Å². The van der Waals surface area contributed by atoms with E-state index in [0.29, 0.717) is 6.04 Å². The molecule has 1 aliphatic rings. The first kappa shape index (κ1) is 12.4. The van der Waals surface area contributed by atoms with Crippen molar-refractivity contribution in [1.82, 2.24) is 5.32 Å². The topological polar surface area (TPSA) is 21.3 Å². The van der Waals surface area contributed by atoms with Gasteiger partial charge in [0.2, 0.25) is 0 Å². The Bertz CT molecular complexity index is 333. The van der Waals surface area contributed by atoms with Crippen LogP contribution in [0.15, 0.2) is 24.3 Å². The fourth-order valence-corrected chi connectivity index (χ4v) is 2.58. The van der Waals surface area contributed by atoms with Gasteiger partial charge in [-0.05, 0) is 49.9 Å². The number of rotatable bonds is 4. The first-order valence-electron chi connectivity index (χ1n) is 6.79. The molecule has 0 spiro atoms. The van der Waals surface area contributed by atoms with Gasteiger partial charge in [-0.2, -0.15) is 0 Å². The zero-order chi connectivity index (χ0) is 12.1. The van der Waals surface area contributed by atoms with Crippen molar-refractivity contribution >= 4 is 0 Å². The summed E-state index contributed by atoms with van der Waals surface area (Å²) in [5.41, 5.74) is 1.40. The lowest BCUT2D eigenvalue weighted by Crippen LogP contribution is -2.31. The molecule has 1 aliphatic heterocycles. The Morgan fingerprint density at radius 2 is 2.00 bits per heavy atom. The highest BCUT2D eigenvalue weighted by Gasteiger charge is 2.21. The van der Waals surface area contributed by atoms with Crippen LogP contribution in [-0.4, -0.2) is 13.2 Å². The van der Waals surface area contributed by atoms with E-state index in [1.165, 1.54) is 24.8 Å². The zero-order valence-corrected chi connectivity index (χ0v) is 10.9. The Kier molecular flexibility index (Phi) is 4.43. The Balaban J connectivity index is 2.01. The highest BCUT2D eigenvalue weighted by atomic mass is 16.5. The molecule has 0 radical (unpaired) electrons. The summed E-state index contributed by atoms with van der Waals surface area (Å²) in [7, 11) is 0. The Labute approximate surface area is 104 Å². The maximum absolute atomic E-state index is 5.47. The molecule has 94 valence electrons. The minimum Gasteiger partial charge on any atom is -0.494 e. The second kappa shape index (κ2) is 6.06. The summed E-state index contributed by atoms with van der Waals surface area (Å²) < 4.78 is 5.47. The average Bonchev–Trinajstić information content (AvgIpc) is 2.40. The highest BCUT2D eigenvalue weighted by molar-refractivity contribution is 5.29. The van der Waals surface area contributed by atoms with Gasteiger partial charge in [0.05, 0.1) is 6.61 Å². The van der Waals surface area contributed by atoms with E-state index in [1.54, 1.807) is 0 Å². The summed E-state index contributed by atoms with van der Waals surface area (Å²) in [6.07, 6.45) is 3.89. The van der Waals surface area contributed by atoms with Gasteiger partial charge < -0.3 is 10.1 Å². The van der Waals surface area contributed by atoms with E-state index in [1.807, 2.05) is 6.92 Å². The van der Waals surface area contributed by atoms with Crippen molar-refractivity contribution in [2.45, 2.75) is 39.2 Å². The molecular weight excluding hydrogens is 210 g/mol. The average molecular weight is 233 g/mol. The molecule has 2 rings (SSSR count). The second-order valence-corrected chi connectivity index (χ2v) is 4.81. The van der Waals surface area contributed by atoms with E-state index >= 15 is 0 Å². The fourth-order valence-electron chi connectivity index (χ4n) is 2.58. The molecule has 2 nitrogen and oxygen atoms in total. The van der Waals surface area contributed by atoms with Gasteiger partial charge in [0.15, 0.2) is 0 Å². The monoisotopic (exact) mass is 233 g/mol. The predicted octanol–water partition coefficient (Wildman–Crippen LogP) is 3.54. The minimum absolute atomic E-state index is 0.532. The molecule has 2 atom stereocenters. The van der Waals surface area contributed by atoms with E-state index in [0.717, 1.165) is 24.8 Å². The van der Waals surface area contributed by atoms with Gasteiger partial charge in [-0.3, -0.25) is 0 Å². The molecule has 2 unspecified atom stereocenters. The van der Waals surface area contributed by atoms with E-state index in [-0.39, 0.29) is 0 Å². The Hall–Kier alpha value is -1.02. The largest absolute Gasteiger partial charge is 0.494 e. The van der Waals surface area contributed by atoms with Crippen molar-refractivity contribution in [1.29, 1.82) is 0 Å². The van der Waals surface area contributed by atoms with E-state index in [4.69, 9.17) is 4.74 Å². The molecule has 1 saturated heterocycles. The molecule has 0 amide bonds. The van der Waals surface area contributed by atoms with Gasteiger partial charge in [-0.15, -0.1) is 0 Å². The first-order valence-corrected chi connectivity index (χ1v) is 6.79. The molecule has 1 N–H and O–H groups in total. The van der Waals surface area contributed by atoms with Crippen LogP contribution in [0.25, 0.3) is 0 Å². The third kappa shape index (κ3) is 3.22. The zero-order valence-electron chi connectivity index (χ0n) is 10.9. The van der Waals surface area contributed by atoms with Crippen molar-refractivity contribution in [2.24, 2.45) is 5.92 Å². The molecule has 1 aromatic carbocycles. The predicted molar refractivity (Wildman–Crippen MR) is 71.4 cm³/mol. The van der Waals surface area contributed by atoms with Crippen LogP contribution in [0.3, 0.4) is 0 Å². The Morgan fingerprint density at radius 3 is 2.65 bits per heavy atom. The molecule has 0 saturated carbocycles. The maximum Gasteiger partial charge on any atom is 0.119 e. The number of piperidine rings is 1. The lowest BCUT2D eigenvalue weighted by Gasteiger charge is -2.30. The molecule has 1 aromatic rings. The van der Waals surface area contributed by atoms with Gasteiger partial charge in [0.1, 0.15) is 5.75 Å². The number of ether oxygens (including phenoxy) is 1. The van der Waals surface area contributed by atoms with Crippen molar-refractivity contribution in [3.05, 3.63) is 29.8 Å². The third-order valence-corrected chi connectivity index (χ3v) is 3.68. The summed E-state index contributed by atoms with van der Waals surface area (Å²) in [5, 5.41) is 3.61. The van der Waals surface area contributed by atoms with Gasteiger partial charge >= 0.3 is 0 Å². The van der Waals surface area contributed by atoms with Crippen LogP contribution in [-0.2, 0) is 0 Å². The number of hydrogen-bond donors (Lipinski definition) is 1. The van der Waals surface area contributed by atoms with Gasteiger partial charge in [0, 0.05) is 6.04 Å². The summed E-state index contributed by atoms with van der Waals surface area (Å²) in [4.78, 5) is 0. The second-order valence-electron chi connectivity index (χ2n) is 4.81. The van der Waals surface area contributed by atoms with E-state index in [9.17, 15) is 0 Å². The Morgan fingerprint density at radius 1 is 1.24 bits per heavy atom. The normalized spacial score (nSPS) is 24.6. The molecule has 0 aromatic heterocycles. The smallest absolute Gasteiger partial charge is 0.119 e. The van der Waals surface area contributed by atoms with Crippen molar-refractivity contribution < 1.29 is 4.74 Å². The molecule has 2 heteroatoms. The van der Waals surface area contributed by atoms with Crippen LogP contribution < -0.4 is 10.1 Å². The standard InChI is InChI=1S/C15H23NO/c1-3-12-9-10-16-15(11-12)13-5-7-14(8-6-13)17-4-2/h5-8,12,15-16H,3-4,9-11H2,1-2H3. The van der Waals surface area contributed by atoms with Crippen molar-refractivity contribution in [2.75, 3.05) is 13.2 Å². The van der Waals surface area contributed by atoms with Crippen LogP contribution in [0.5, 0.6) is 5.75 Å². The van der Waals surface area contributed by atoms with Crippen LogP contribution in [0, 0.1) is 5.92 Å². The minimum atomic E-state index is 0.532. The number of hydrogen-bond acceptors (Lipinski definition) is 2. The summed E-state index contributed by atoms with van der Waals surface area (Å²) >= 11 is 0. The van der Waals surface area contributed by atoms with Gasteiger partial charge in [-0.25, -0.2) is 0 Å². The number of nitrogens with one attached hydrogen (secondary N) is 1. The summed E-state index contributed by atoms with van der Waals surface area (Å²) in [6.45, 7) is 6.20. The SMILES string of the molecule is CCOc1ccc(C2CC(CC)CCN2)cc1. The van der Waals surface area contributed by atoms with E-state index < -0.39 is 0 Å². The first-order chi connectivity index (χ1) is 8.33. The summed E-state index contributed by atoms with van der Waals surface area (Å²) in [6, 6.07) is 9.08. The molecule has 1 heterocycles. The molecule has 1 fully saturated rings. The van der Waals surface area contributed by atoms with Crippen LogP contribution >= 0.6 is 0 Å². The van der Waals surface area contributed by atoms with Gasteiger partial charge in [0.25, 0.3) is 0 Å². The third-order valence-electron chi connectivity index (χ3n) is 3.68. The fraction of sp³-hybridized carbons (Fsp3) is 0.600. The molecule has 0 bridgehead atoms. The van der Waals surface area contributed by atoms with Crippen molar-refractivity contribution in [3.63, 3.8) is 0 Å². The lowest BCUT2D eigenvalue weighted by atomic mass is 9.87. The van der Waals surface area contributed by atoms with Crippen LogP contribution in [0.2, 0.25) is 0 Å². The highest BCUT2D eigenvalue weighted by Crippen LogP contribution is 2.29. The van der Waals surface area contributed by atoms with Gasteiger partial charge in [-0.1, -0.05) is 25.5 Å². The molecule has 0 aliphatic carbocycles. The van der Waals surface area contributed by atoms with Crippen LogP contribution in [0.1, 0.15) is 44.7 Å². The molecular formula is C15H23NO. The molecule has 17 heavy (non-hydrogen) atoms. The summed E-state index contributed by atoms with van der Waals surface area (Å²) in [5.74, 6) is 1.85. The lowest BCUT2D eigenvalue weighted by molar-refractivity contribution is 0.298. The maximum atomic E-state index is 5.47. The quantitative estimate of drug-likeness (QED) is 0.859. The van der Waals surface area contributed by atoms with Crippen molar-refractivity contribution in [3.8, 4) is 5.75 Å². The van der Waals surface area contributed by atoms with Crippen LogP contribution in [0.4, 0.5) is 0 Å².